The second-order valence-corrected chi connectivity index (χ2v) is 6.66. The molecule has 29 heavy (non-hydrogen) atoms. The second-order valence-electron chi connectivity index (χ2n) is 6.66. The molecular formula is C21H24NO7-. The van der Waals surface area contributed by atoms with E-state index in [1.54, 1.807) is 12.1 Å². The van der Waals surface area contributed by atoms with Crippen LogP contribution < -0.4 is 5.11 Å². The molecule has 0 radical (unpaired) electrons. The molecule has 1 aliphatic heterocycles. The van der Waals surface area contributed by atoms with Gasteiger partial charge in [-0.25, -0.2) is 0 Å². The summed E-state index contributed by atoms with van der Waals surface area (Å²) in [7, 11) is 0. The van der Waals surface area contributed by atoms with E-state index >= 15 is 0 Å². The molecule has 156 valence electrons. The third-order valence-electron chi connectivity index (χ3n) is 4.57. The lowest BCUT2D eigenvalue weighted by atomic mass is 9.97. The van der Waals surface area contributed by atoms with Crippen LogP contribution in [0.3, 0.4) is 0 Å². The van der Waals surface area contributed by atoms with Crippen molar-refractivity contribution < 1.29 is 34.6 Å². The second kappa shape index (κ2) is 10.3. The van der Waals surface area contributed by atoms with Crippen LogP contribution in [-0.2, 0) is 27.4 Å². The van der Waals surface area contributed by atoms with Gasteiger partial charge in [-0.15, -0.1) is 0 Å². The maximum absolute atomic E-state index is 12.2. The van der Waals surface area contributed by atoms with Crippen molar-refractivity contribution in [1.29, 1.82) is 0 Å². The summed E-state index contributed by atoms with van der Waals surface area (Å²) in [6.07, 6.45) is -6.00. The first kappa shape index (κ1) is 21.2. The first-order chi connectivity index (χ1) is 14.1. The first-order valence-corrected chi connectivity index (χ1v) is 9.28. The van der Waals surface area contributed by atoms with E-state index < -0.39 is 43.3 Å². The van der Waals surface area contributed by atoms with Crippen LogP contribution in [0.4, 0.5) is 0 Å². The van der Waals surface area contributed by atoms with Crippen LogP contribution >= 0.6 is 0 Å². The molecule has 1 heterocycles. The zero-order valence-corrected chi connectivity index (χ0v) is 15.7. The predicted octanol–water partition coefficient (Wildman–Crippen LogP) is -0.0561. The standard InChI is InChI=1S/C21H25NO7/c23-11-16-18(24)19(25)17(20(29-16)27-12-14-7-3-1-4-8-14)22-21(26)28-13-15-9-5-2-6-10-15/h1-10,16-20,23-25H,11-13H2,(H,22,26)/p-1/t16-,17-,18-,19-,20-/m1/s1. The van der Waals surface area contributed by atoms with Crippen LogP contribution in [0.2, 0.25) is 0 Å². The minimum absolute atomic E-state index is 0.0181. The first-order valence-electron chi connectivity index (χ1n) is 9.28. The summed E-state index contributed by atoms with van der Waals surface area (Å²) in [5, 5.41) is 42.1. The normalized spacial score (nSPS) is 27.6. The van der Waals surface area contributed by atoms with Gasteiger partial charge in [0.15, 0.2) is 6.29 Å². The van der Waals surface area contributed by atoms with Crippen molar-refractivity contribution in [3.05, 3.63) is 71.8 Å². The molecule has 0 amide bonds. The molecule has 1 fully saturated rings. The van der Waals surface area contributed by atoms with E-state index in [-0.39, 0.29) is 13.2 Å². The Morgan fingerprint density at radius 3 is 2.10 bits per heavy atom. The van der Waals surface area contributed by atoms with Gasteiger partial charge in [0.25, 0.3) is 0 Å². The maximum Gasteiger partial charge on any atom is 0.183 e. The highest BCUT2D eigenvalue weighted by atomic mass is 16.7. The Morgan fingerprint density at radius 1 is 0.931 bits per heavy atom. The van der Waals surface area contributed by atoms with Crippen LogP contribution in [0.1, 0.15) is 11.1 Å². The number of rotatable bonds is 7. The molecule has 8 heteroatoms. The van der Waals surface area contributed by atoms with Crippen LogP contribution in [0.15, 0.2) is 65.7 Å². The summed E-state index contributed by atoms with van der Waals surface area (Å²) in [6.45, 7) is -0.365. The molecule has 1 aliphatic rings. The van der Waals surface area contributed by atoms with Crippen LogP contribution in [0, 0.1) is 0 Å². The molecule has 0 aromatic heterocycles. The highest BCUT2D eigenvalue weighted by Crippen LogP contribution is 2.25. The van der Waals surface area contributed by atoms with Gasteiger partial charge < -0.3 is 34.6 Å². The number of benzene rings is 2. The van der Waals surface area contributed by atoms with Gasteiger partial charge in [-0.3, -0.25) is 4.99 Å². The average Bonchev–Trinajstić information content (AvgIpc) is 2.76. The van der Waals surface area contributed by atoms with Crippen molar-refractivity contribution in [3.8, 4) is 0 Å². The molecule has 3 N–H and O–H groups in total. The highest BCUT2D eigenvalue weighted by molar-refractivity contribution is 5.62. The van der Waals surface area contributed by atoms with Gasteiger partial charge in [-0.05, 0) is 11.1 Å². The lowest BCUT2D eigenvalue weighted by Gasteiger charge is -2.40. The number of aliphatic imine (C=N–C) groups is 1. The van der Waals surface area contributed by atoms with E-state index in [9.17, 15) is 20.4 Å². The molecule has 3 rings (SSSR count). The van der Waals surface area contributed by atoms with Crippen molar-refractivity contribution in [2.45, 2.75) is 43.9 Å². The van der Waals surface area contributed by atoms with Crippen molar-refractivity contribution in [1.82, 2.24) is 0 Å². The molecule has 0 saturated carbocycles. The van der Waals surface area contributed by atoms with Crippen LogP contribution in [-0.4, -0.2) is 58.7 Å². The van der Waals surface area contributed by atoms with Gasteiger partial charge in [0.2, 0.25) is 0 Å². The monoisotopic (exact) mass is 402 g/mol. The van der Waals surface area contributed by atoms with E-state index in [2.05, 4.69) is 4.99 Å². The summed E-state index contributed by atoms with van der Waals surface area (Å²) < 4.78 is 16.3. The van der Waals surface area contributed by atoms with Crippen LogP contribution in [0.25, 0.3) is 0 Å². The van der Waals surface area contributed by atoms with Gasteiger partial charge in [0, 0.05) is 6.61 Å². The molecular weight excluding hydrogens is 378 g/mol. The molecule has 2 aromatic carbocycles. The fourth-order valence-corrected chi connectivity index (χ4v) is 2.97. The Labute approximate surface area is 168 Å². The number of nitrogens with zero attached hydrogens (tertiary/aromatic N) is 1. The molecule has 8 nitrogen and oxygen atoms in total. The number of aliphatic hydroxyl groups excluding tert-OH is 3. The van der Waals surface area contributed by atoms with Gasteiger partial charge in [-0.2, -0.15) is 0 Å². The minimum atomic E-state index is -1.47. The zero-order valence-electron chi connectivity index (χ0n) is 15.7. The molecule has 5 atom stereocenters. The quantitative estimate of drug-likeness (QED) is 0.438. The van der Waals surface area contributed by atoms with Gasteiger partial charge in [0.1, 0.15) is 30.4 Å². The summed E-state index contributed by atoms with van der Waals surface area (Å²) in [6, 6.07) is 17.1. The smallest absolute Gasteiger partial charge is 0.183 e. The number of aliphatic hydroxyl groups is 3. The fourth-order valence-electron chi connectivity index (χ4n) is 2.97. The largest absolute Gasteiger partial charge is 0.596 e. The number of hydrogen-bond donors (Lipinski definition) is 3. The fraction of sp³-hybridized carbons (Fsp3) is 0.381. The average molecular weight is 402 g/mol. The van der Waals surface area contributed by atoms with E-state index in [0.29, 0.717) is 0 Å². The summed E-state index contributed by atoms with van der Waals surface area (Å²) >= 11 is 0. The molecule has 0 unspecified atom stereocenters. The molecule has 1 saturated heterocycles. The van der Waals surface area contributed by atoms with Crippen molar-refractivity contribution in [3.63, 3.8) is 0 Å². The van der Waals surface area contributed by atoms with Crippen LogP contribution in [0.5, 0.6) is 0 Å². The Balaban J connectivity index is 1.70. The Bertz CT molecular complexity index is 771. The van der Waals surface area contributed by atoms with Gasteiger partial charge >= 0.3 is 0 Å². The molecule has 0 spiro atoms. The third-order valence-corrected chi connectivity index (χ3v) is 4.57. The summed E-state index contributed by atoms with van der Waals surface area (Å²) in [5.41, 5.74) is 1.64. The van der Waals surface area contributed by atoms with Crippen molar-refractivity contribution >= 4 is 6.08 Å². The highest BCUT2D eigenvalue weighted by Gasteiger charge is 2.45. The lowest BCUT2D eigenvalue weighted by Crippen LogP contribution is -2.59. The van der Waals surface area contributed by atoms with Gasteiger partial charge in [-0.1, -0.05) is 60.7 Å². The Kier molecular flexibility index (Phi) is 7.56. The van der Waals surface area contributed by atoms with Gasteiger partial charge in [0.05, 0.1) is 13.2 Å². The van der Waals surface area contributed by atoms with Crippen molar-refractivity contribution in [2.75, 3.05) is 6.61 Å². The summed E-state index contributed by atoms with van der Waals surface area (Å²) in [4.78, 5) is 3.84. The lowest BCUT2D eigenvalue weighted by molar-refractivity contribution is -0.276. The molecule has 0 bridgehead atoms. The predicted molar refractivity (Wildman–Crippen MR) is 101 cm³/mol. The van der Waals surface area contributed by atoms with E-state index in [0.717, 1.165) is 11.1 Å². The number of hydrogen-bond acceptors (Lipinski definition) is 8. The topological polar surface area (TPSA) is 124 Å². The Hall–Kier alpha value is -2.49. The minimum Gasteiger partial charge on any atom is -0.596 e. The van der Waals surface area contributed by atoms with E-state index in [1.165, 1.54) is 0 Å². The van der Waals surface area contributed by atoms with E-state index in [1.807, 2.05) is 48.5 Å². The zero-order chi connectivity index (χ0) is 20.6. The van der Waals surface area contributed by atoms with Crippen molar-refractivity contribution in [2.24, 2.45) is 4.99 Å². The Morgan fingerprint density at radius 2 is 1.52 bits per heavy atom. The third kappa shape index (κ3) is 5.75. The molecule has 2 aromatic rings. The number of ether oxygens (including phenoxy) is 3. The summed E-state index contributed by atoms with van der Waals surface area (Å²) in [5.74, 6) is 0. The maximum atomic E-state index is 12.2. The molecule has 0 aliphatic carbocycles. The SMILES string of the molecule is [O-]C(=N[C@H]1[C@H](OCc2ccccc2)O[C@H](CO)[C@@H](O)[C@@H]1O)OCc1ccccc1. The van der Waals surface area contributed by atoms with E-state index in [4.69, 9.17) is 14.2 Å².